The van der Waals surface area contributed by atoms with E-state index in [1.54, 1.807) is 13.0 Å². The van der Waals surface area contributed by atoms with E-state index in [0.717, 1.165) is 0 Å². The van der Waals surface area contributed by atoms with E-state index in [1.165, 1.54) is 6.07 Å². The number of aryl methyl sites for hydroxylation is 1. The Morgan fingerprint density at radius 2 is 2.25 bits per heavy atom. The summed E-state index contributed by atoms with van der Waals surface area (Å²) in [7, 11) is 0. The molecule has 0 fully saturated rings. The van der Waals surface area contributed by atoms with Crippen LogP contribution in [0, 0.1) is 12.7 Å². The van der Waals surface area contributed by atoms with Crippen molar-refractivity contribution in [1.82, 2.24) is 5.32 Å². The second-order valence-corrected chi connectivity index (χ2v) is 4.12. The van der Waals surface area contributed by atoms with Crippen molar-refractivity contribution in [1.29, 1.82) is 0 Å². The summed E-state index contributed by atoms with van der Waals surface area (Å²) >= 11 is 5.96. The molecule has 1 aromatic carbocycles. The zero-order valence-electron chi connectivity index (χ0n) is 9.13. The SMILES string of the molecule is Cc1cc(Cl)c(CNCC(O)CN)cc1F. The smallest absolute Gasteiger partial charge is 0.126 e. The molecular weight excluding hydrogens is 231 g/mol. The minimum Gasteiger partial charge on any atom is -0.390 e. The van der Waals surface area contributed by atoms with E-state index in [0.29, 0.717) is 29.2 Å². The van der Waals surface area contributed by atoms with Gasteiger partial charge in [0.25, 0.3) is 0 Å². The molecule has 1 aromatic rings. The minimum absolute atomic E-state index is 0.197. The van der Waals surface area contributed by atoms with Gasteiger partial charge in [-0.25, -0.2) is 4.39 Å². The van der Waals surface area contributed by atoms with E-state index in [9.17, 15) is 9.50 Å². The lowest BCUT2D eigenvalue weighted by Crippen LogP contribution is -2.32. The molecule has 3 nitrogen and oxygen atoms in total. The summed E-state index contributed by atoms with van der Waals surface area (Å²) in [4.78, 5) is 0. The van der Waals surface area contributed by atoms with Gasteiger partial charge in [0.1, 0.15) is 5.82 Å². The molecule has 1 unspecified atom stereocenters. The fraction of sp³-hybridized carbons (Fsp3) is 0.455. The van der Waals surface area contributed by atoms with E-state index in [-0.39, 0.29) is 12.4 Å². The Hall–Kier alpha value is -0.680. The maximum atomic E-state index is 13.3. The van der Waals surface area contributed by atoms with Gasteiger partial charge in [-0.1, -0.05) is 11.6 Å². The lowest BCUT2D eigenvalue weighted by Gasteiger charge is -2.11. The number of rotatable bonds is 5. The first-order valence-corrected chi connectivity index (χ1v) is 5.45. The van der Waals surface area contributed by atoms with Crippen LogP contribution in [0.5, 0.6) is 0 Å². The highest BCUT2D eigenvalue weighted by Gasteiger charge is 2.06. The minimum atomic E-state index is -0.589. The van der Waals surface area contributed by atoms with E-state index < -0.39 is 6.10 Å². The third kappa shape index (κ3) is 3.72. The first-order chi connectivity index (χ1) is 7.54. The molecule has 0 aliphatic carbocycles. The van der Waals surface area contributed by atoms with Crippen molar-refractivity contribution in [3.05, 3.63) is 34.1 Å². The molecule has 0 aliphatic heterocycles. The van der Waals surface area contributed by atoms with Gasteiger partial charge < -0.3 is 16.2 Å². The highest BCUT2D eigenvalue weighted by molar-refractivity contribution is 6.31. The van der Waals surface area contributed by atoms with Gasteiger partial charge in [0, 0.05) is 24.7 Å². The van der Waals surface area contributed by atoms with Gasteiger partial charge >= 0.3 is 0 Å². The van der Waals surface area contributed by atoms with Crippen molar-refractivity contribution in [3.63, 3.8) is 0 Å². The van der Waals surface area contributed by atoms with E-state index >= 15 is 0 Å². The predicted molar refractivity (Wildman–Crippen MR) is 62.9 cm³/mol. The second-order valence-electron chi connectivity index (χ2n) is 3.71. The fourth-order valence-corrected chi connectivity index (χ4v) is 1.56. The van der Waals surface area contributed by atoms with Gasteiger partial charge in [-0.2, -0.15) is 0 Å². The number of halogens is 2. The lowest BCUT2D eigenvalue weighted by molar-refractivity contribution is 0.179. The van der Waals surface area contributed by atoms with Crippen LogP contribution in [-0.2, 0) is 6.54 Å². The Kier molecular flexibility index (Phi) is 5.15. The number of hydrogen-bond donors (Lipinski definition) is 3. The standard InChI is InChI=1S/C11H16ClFN2O/c1-7-2-10(12)8(3-11(7)13)5-15-6-9(16)4-14/h2-3,9,15-16H,4-6,14H2,1H3. The number of hydrogen-bond acceptors (Lipinski definition) is 3. The quantitative estimate of drug-likeness (QED) is 0.732. The molecule has 0 saturated heterocycles. The summed E-state index contributed by atoms with van der Waals surface area (Å²) in [5.41, 5.74) is 6.45. The number of nitrogens with one attached hydrogen (secondary N) is 1. The van der Waals surface area contributed by atoms with Crippen LogP contribution in [0.15, 0.2) is 12.1 Å². The Morgan fingerprint density at radius 1 is 1.56 bits per heavy atom. The van der Waals surface area contributed by atoms with Crippen molar-refractivity contribution < 1.29 is 9.50 Å². The third-order valence-corrected chi connectivity index (χ3v) is 2.65. The van der Waals surface area contributed by atoms with Crippen LogP contribution < -0.4 is 11.1 Å². The van der Waals surface area contributed by atoms with Gasteiger partial charge in [-0.05, 0) is 30.2 Å². The van der Waals surface area contributed by atoms with Crippen LogP contribution in [0.25, 0.3) is 0 Å². The van der Waals surface area contributed by atoms with Crippen molar-refractivity contribution in [2.45, 2.75) is 19.6 Å². The van der Waals surface area contributed by atoms with Crippen LogP contribution >= 0.6 is 11.6 Å². The van der Waals surface area contributed by atoms with Crippen LogP contribution in [0.3, 0.4) is 0 Å². The Labute approximate surface area is 99.4 Å². The van der Waals surface area contributed by atoms with Crippen LogP contribution in [0.1, 0.15) is 11.1 Å². The fourth-order valence-electron chi connectivity index (χ4n) is 1.28. The van der Waals surface area contributed by atoms with Crippen LogP contribution in [-0.4, -0.2) is 24.3 Å². The van der Waals surface area contributed by atoms with Gasteiger partial charge in [-0.3, -0.25) is 0 Å². The van der Waals surface area contributed by atoms with Gasteiger partial charge in [0.15, 0.2) is 0 Å². The maximum absolute atomic E-state index is 13.3. The first-order valence-electron chi connectivity index (χ1n) is 5.08. The van der Waals surface area contributed by atoms with E-state index in [1.807, 2.05) is 0 Å². The largest absolute Gasteiger partial charge is 0.390 e. The van der Waals surface area contributed by atoms with Crippen molar-refractivity contribution in [2.24, 2.45) is 5.73 Å². The zero-order chi connectivity index (χ0) is 12.1. The summed E-state index contributed by atoms with van der Waals surface area (Å²) in [5, 5.41) is 12.7. The van der Waals surface area contributed by atoms with Crippen molar-refractivity contribution in [2.75, 3.05) is 13.1 Å². The molecular formula is C11H16ClFN2O. The van der Waals surface area contributed by atoms with Crippen molar-refractivity contribution >= 4 is 11.6 Å². The molecule has 90 valence electrons. The highest BCUT2D eigenvalue weighted by Crippen LogP contribution is 2.20. The Bertz CT molecular complexity index is 360. The van der Waals surface area contributed by atoms with Crippen molar-refractivity contribution in [3.8, 4) is 0 Å². The van der Waals surface area contributed by atoms with Gasteiger partial charge in [0.2, 0.25) is 0 Å². The van der Waals surface area contributed by atoms with Gasteiger partial charge in [0.05, 0.1) is 6.10 Å². The molecule has 1 rings (SSSR count). The Balaban J connectivity index is 2.57. The second kappa shape index (κ2) is 6.15. The number of aliphatic hydroxyl groups excluding tert-OH is 1. The van der Waals surface area contributed by atoms with E-state index in [4.69, 9.17) is 17.3 Å². The molecule has 0 aliphatic rings. The summed E-state index contributed by atoms with van der Waals surface area (Å²) in [6.07, 6.45) is -0.589. The molecule has 0 aromatic heterocycles. The summed E-state index contributed by atoms with van der Waals surface area (Å²) in [6, 6.07) is 2.99. The molecule has 1 atom stereocenters. The van der Waals surface area contributed by atoms with Crippen LogP contribution in [0.2, 0.25) is 5.02 Å². The monoisotopic (exact) mass is 246 g/mol. The zero-order valence-corrected chi connectivity index (χ0v) is 9.89. The number of benzene rings is 1. The lowest BCUT2D eigenvalue weighted by atomic mass is 10.1. The van der Waals surface area contributed by atoms with Crippen LogP contribution in [0.4, 0.5) is 4.39 Å². The molecule has 0 amide bonds. The average molecular weight is 247 g/mol. The predicted octanol–water partition coefficient (Wildman–Crippen LogP) is 1.20. The topological polar surface area (TPSA) is 58.3 Å². The highest BCUT2D eigenvalue weighted by atomic mass is 35.5. The first kappa shape index (κ1) is 13.4. The summed E-state index contributed by atoms with van der Waals surface area (Å²) < 4.78 is 13.3. The number of nitrogens with two attached hydrogens (primary N) is 1. The Morgan fingerprint density at radius 3 is 2.88 bits per heavy atom. The molecule has 0 radical (unpaired) electrons. The maximum Gasteiger partial charge on any atom is 0.126 e. The van der Waals surface area contributed by atoms with Gasteiger partial charge in [-0.15, -0.1) is 0 Å². The molecule has 0 spiro atoms. The molecule has 0 heterocycles. The normalized spacial score (nSPS) is 12.8. The molecule has 5 heteroatoms. The number of aliphatic hydroxyl groups is 1. The molecule has 4 N–H and O–H groups in total. The summed E-state index contributed by atoms with van der Waals surface area (Å²) in [6.45, 7) is 2.63. The average Bonchev–Trinajstić information content (AvgIpc) is 2.25. The van der Waals surface area contributed by atoms with E-state index in [2.05, 4.69) is 5.32 Å². The third-order valence-electron chi connectivity index (χ3n) is 2.30. The molecule has 0 saturated carbocycles. The summed E-state index contributed by atoms with van der Waals surface area (Å²) in [5.74, 6) is -0.277. The molecule has 16 heavy (non-hydrogen) atoms. The molecule has 0 bridgehead atoms.